The Balaban J connectivity index is 1.73. The van der Waals surface area contributed by atoms with E-state index in [1.807, 2.05) is 0 Å². The molecule has 5 aromatic carbocycles. The molecule has 0 bridgehead atoms. The van der Waals surface area contributed by atoms with Crippen LogP contribution in [0.15, 0.2) is 91.0 Å². The van der Waals surface area contributed by atoms with Gasteiger partial charge >= 0.3 is 0 Å². The second kappa shape index (κ2) is 6.61. The highest BCUT2D eigenvalue weighted by Crippen LogP contribution is 2.41. The number of benzene rings is 5. The maximum atomic E-state index is 2.37. The molecule has 0 aliphatic rings. The quantitative estimate of drug-likeness (QED) is 0.275. The van der Waals surface area contributed by atoms with E-state index in [4.69, 9.17) is 0 Å². The summed E-state index contributed by atoms with van der Waals surface area (Å²) >= 11 is 0. The maximum Gasteiger partial charge on any atom is 0.0574 e. The maximum absolute atomic E-state index is 2.37. The number of rotatable bonds is 2. The van der Waals surface area contributed by atoms with Crippen LogP contribution >= 0.6 is 0 Å². The Morgan fingerprint density at radius 3 is 1.97 bits per heavy atom. The summed E-state index contributed by atoms with van der Waals surface area (Å²) in [5.41, 5.74) is 6.28. The molecule has 0 unspecified atom stereocenters. The van der Waals surface area contributed by atoms with Crippen molar-refractivity contribution in [2.45, 2.75) is 0 Å². The van der Waals surface area contributed by atoms with Gasteiger partial charge in [-0.05, 0) is 45.5 Å². The van der Waals surface area contributed by atoms with Gasteiger partial charge in [-0.1, -0.05) is 72.8 Å². The van der Waals surface area contributed by atoms with Gasteiger partial charge in [0.2, 0.25) is 0 Å². The molecule has 0 aliphatic heterocycles. The number of fused-ring (bicyclic) bond motifs is 8. The molecule has 0 saturated carbocycles. The fraction of sp³-hybridized carbons (Fsp3) is 0.103. The smallest absolute Gasteiger partial charge is 0.0574 e. The number of hydrogen-bond acceptors (Lipinski definition) is 1. The molecule has 150 valence electrons. The number of aromatic nitrogens is 1. The molecular weight excluding hydrogens is 376 g/mol. The fourth-order valence-corrected chi connectivity index (χ4v) is 5.03. The lowest BCUT2D eigenvalue weighted by molar-refractivity contribution is 1.02. The topological polar surface area (TPSA) is 8.17 Å². The van der Waals surface area contributed by atoms with Crippen molar-refractivity contribution in [3.63, 3.8) is 0 Å². The molecule has 2 heteroatoms. The van der Waals surface area contributed by atoms with Crippen LogP contribution < -0.4 is 4.90 Å². The highest BCUT2D eigenvalue weighted by Gasteiger charge is 2.16. The van der Waals surface area contributed by atoms with E-state index in [-0.39, 0.29) is 0 Å². The molecule has 0 N–H and O–H groups in total. The van der Waals surface area contributed by atoms with Gasteiger partial charge in [0.05, 0.1) is 5.52 Å². The zero-order valence-electron chi connectivity index (χ0n) is 18.1. The van der Waals surface area contributed by atoms with E-state index in [2.05, 4.69) is 122 Å². The Kier molecular flexibility index (Phi) is 3.85. The number of anilines is 1. The van der Waals surface area contributed by atoms with Crippen molar-refractivity contribution in [1.29, 1.82) is 0 Å². The Morgan fingerprint density at radius 1 is 0.581 bits per heavy atom. The lowest BCUT2D eigenvalue weighted by Crippen LogP contribution is -2.08. The molecule has 31 heavy (non-hydrogen) atoms. The lowest BCUT2D eigenvalue weighted by atomic mass is 9.96. The molecule has 0 saturated heterocycles. The first-order chi connectivity index (χ1) is 15.1. The first-order valence-electron chi connectivity index (χ1n) is 10.7. The van der Waals surface area contributed by atoms with Crippen molar-refractivity contribution in [1.82, 2.24) is 4.57 Å². The highest BCUT2D eigenvalue weighted by molar-refractivity contribution is 6.31. The fourth-order valence-electron chi connectivity index (χ4n) is 5.03. The molecule has 0 atom stereocenters. The molecule has 2 nitrogen and oxygen atoms in total. The van der Waals surface area contributed by atoms with E-state index in [9.17, 15) is 0 Å². The van der Waals surface area contributed by atoms with Crippen LogP contribution in [-0.2, 0) is 7.05 Å². The van der Waals surface area contributed by atoms with Crippen molar-refractivity contribution < 1.29 is 0 Å². The molecule has 6 aromatic rings. The largest absolute Gasteiger partial charge is 0.378 e. The van der Waals surface area contributed by atoms with Crippen LogP contribution in [-0.4, -0.2) is 18.7 Å². The van der Waals surface area contributed by atoms with Gasteiger partial charge in [-0.25, -0.2) is 0 Å². The lowest BCUT2D eigenvalue weighted by Gasteiger charge is -2.13. The van der Waals surface area contributed by atoms with Gasteiger partial charge in [-0.3, -0.25) is 0 Å². The zero-order chi connectivity index (χ0) is 21.1. The summed E-state index contributed by atoms with van der Waals surface area (Å²) in [6.45, 7) is 0. The van der Waals surface area contributed by atoms with Crippen LogP contribution in [0, 0.1) is 0 Å². The van der Waals surface area contributed by atoms with Crippen LogP contribution in [0.1, 0.15) is 0 Å². The normalized spacial score (nSPS) is 11.7. The third-order valence-electron chi connectivity index (χ3n) is 6.57. The predicted octanol–water partition coefficient (Wildman–Crippen LogP) is 7.37. The van der Waals surface area contributed by atoms with Gasteiger partial charge in [-0.2, -0.15) is 0 Å². The molecule has 0 aliphatic carbocycles. The Hall–Kier alpha value is -3.78. The highest BCUT2D eigenvalue weighted by atomic mass is 15.1. The number of hydrogen-bond donors (Lipinski definition) is 0. The van der Waals surface area contributed by atoms with Gasteiger partial charge in [0, 0.05) is 48.5 Å². The number of aryl methyl sites for hydroxylation is 1. The van der Waals surface area contributed by atoms with Gasteiger partial charge in [0.15, 0.2) is 0 Å². The Morgan fingerprint density at radius 2 is 1.23 bits per heavy atom. The summed E-state index contributed by atoms with van der Waals surface area (Å²) in [5.74, 6) is 0. The zero-order valence-corrected chi connectivity index (χ0v) is 18.1. The molecule has 0 amide bonds. The van der Waals surface area contributed by atoms with E-state index < -0.39 is 0 Å². The van der Waals surface area contributed by atoms with Crippen molar-refractivity contribution in [3.8, 4) is 11.1 Å². The summed E-state index contributed by atoms with van der Waals surface area (Å²) in [6.07, 6.45) is 0. The van der Waals surface area contributed by atoms with E-state index >= 15 is 0 Å². The first kappa shape index (κ1) is 18.0. The van der Waals surface area contributed by atoms with Crippen molar-refractivity contribution in [2.24, 2.45) is 7.05 Å². The van der Waals surface area contributed by atoms with Crippen LogP contribution in [0.3, 0.4) is 0 Å². The Labute approximate surface area is 181 Å². The summed E-state index contributed by atoms with van der Waals surface area (Å²) in [4.78, 5) is 2.15. The third-order valence-corrected chi connectivity index (χ3v) is 6.57. The second-order valence-corrected chi connectivity index (χ2v) is 8.55. The summed E-state index contributed by atoms with van der Waals surface area (Å²) in [6, 6.07) is 33.2. The average molecular weight is 401 g/mol. The second-order valence-electron chi connectivity index (χ2n) is 8.55. The van der Waals surface area contributed by atoms with Gasteiger partial charge in [-0.15, -0.1) is 0 Å². The molecule has 6 rings (SSSR count). The SMILES string of the molecule is CN(C)c1cccc(-c2ccc3c4c5ccccc5c5ccccc5c4n(C)c3c2)c1. The van der Waals surface area contributed by atoms with Crippen LogP contribution in [0.4, 0.5) is 5.69 Å². The summed E-state index contributed by atoms with van der Waals surface area (Å²) < 4.78 is 2.37. The summed E-state index contributed by atoms with van der Waals surface area (Å²) in [5, 5.41) is 7.93. The van der Waals surface area contributed by atoms with E-state index in [0.717, 1.165) is 0 Å². The van der Waals surface area contributed by atoms with Crippen LogP contribution in [0.2, 0.25) is 0 Å². The molecular formula is C29H24N2. The van der Waals surface area contributed by atoms with Crippen molar-refractivity contribution >= 4 is 49.0 Å². The van der Waals surface area contributed by atoms with Crippen molar-refractivity contribution in [3.05, 3.63) is 91.0 Å². The van der Waals surface area contributed by atoms with Gasteiger partial charge in [0.25, 0.3) is 0 Å². The standard InChI is InChI=1S/C29H24N2/c1-30(2)21-10-8-9-19(17-21)20-15-16-26-27(18-20)31(3)29-25-14-7-5-12-23(25)22-11-4-6-13-24(22)28(26)29/h4-18H,1-3H3. The van der Waals surface area contributed by atoms with Crippen LogP contribution in [0.25, 0.3) is 54.5 Å². The minimum absolute atomic E-state index is 1.21. The molecule has 1 aromatic heterocycles. The monoisotopic (exact) mass is 400 g/mol. The van der Waals surface area contributed by atoms with E-state index in [0.29, 0.717) is 0 Å². The van der Waals surface area contributed by atoms with Gasteiger partial charge in [0.1, 0.15) is 0 Å². The molecule has 0 radical (unpaired) electrons. The number of nitrogens with zero attached hydrogens (tertiary/aromatic N) is 2. The van der Waals surface area contributed by atoms with E-state index in [1.54, 1.807) is 0 Å². The predicted molar refractivity (Wildman–Crippen MR) is 135 cm³/mol. The first-order valence-corrected chi connectivity index (χ1v) is 10.7. The molecule has 1 heterocycles. The van der Waals surface area contributed by atoms with Crippen molar-refractivity contribution in [2.75, 3.05) is 19.0 Å². The Bertz CT molecular complexity index is 1620. The van der Waals surface area contributed by atoms with Crippen LogP contribution in [0.5, 0.6) is 0 Å². The van der Waals surface area contributed by atoms with Gasteiger partial charge < -0.3 is 9.47 Å². The molecule has 0 spiro atoms. The average Bonchev–Trinajstić information content (AvgIpc) is 3.12. The van der Waals surface area contributed by atoms with E-state index in [1.165, 1.54) is 60.2 Å². The summed E-state index contributed by atoms with van der Waals surface area (Å²) in [7, 11) is 6.37. The third kappa shape index (κ3) is 2.58. The minimum Gasteiger partial charge on any atom is -0.378 e. The molecule has 0 fully saturated rings. The minimum atomic E-state index is 1.21.